The van der Waals surface area contributed by atoms with Crippen LogP contribution in [0.1, 0.15) is 6.92 Å². The zero-order chi connectivity index (χ0) is 10.7. The molecule has 0 amide bonds. The van der Waals surface area contributed by atoms with Crippen LogP contribution in [-0.2, 0) is 6.54 Å². The van der Waals surface area contributed by atoms with Crippen LogP contribution < -0.4 is 5.73 Å². The molecule has 15 heavy (non-hydrogen) atoms. The first-order chi connectivity index (χ1) is 7.25. The summed E-state index contributed by atoms with van der Waals surface area (Å²) in [6, 6.07) is 10.3. The topological polar surface area (TPSA) is 43.8 Å². The van der Waals surface area contributed by atoms with Crippen molar-refractivity contribution in [2.45, 2.75) is 19.5 Å². The molecule has 78 valence electrons. The molecule has 0 fully saturated rings. The number of nitrogens with zero attached hydrogens (tertiary/aromatic N) is 2. The molecule has 2 rings (SSSR count). The lowest BCUT2D eigenvalue weighted by Gasteiger charge is -2.03. The van der Waals surface area contributed by atoms with E-state index >= 15 is 0 Å². The van der Waals surface area contributed by atoms with E-state index < -0.39 is 0 Å². The molecule has 1 unspecified atom stereocenters. The lowest BCUT2D eigenvalue weighted by molar-refractivity contribution is 0.539. The highest BCUT2D eigenvalue weighted by Gasteiger charge is 2.02. The maximum absolute atomic E-state index is 5.71. The molecule has 0 spiro atoms. The second-order valence-electron chi connectivity index (χ2n) is 3.79. The van der Waals surface area contributed by atoms with Gasteiger partial charge >= 0.3 is 0 Å². The Kier molecular flexibility index (Phi) is 2.83. The third-order valence-electron chi connectivity index (χ3n) is 2.22. The van der Waals surface area contributed by atoms with Gasteiger partial charge in [-0.05, 0) is 12.5 Å². The highest BCUT2D eigenvalue weighted by molar-refractivity contribution is 5.61. The summed E-state index contributed by atoms with van der Waals surface area (Å²) in [6.07, 6.45) is 3.90. The van der Waals surface area contributed by atoms with E-state index in [2.05, 4.69) is 17.2 Å². The van der Waals surface area contributed by atoms with Crippen LogP contribution in [0.2, 0.25) is 0 Å². The van der Waals surface area contributed by atoms with Crippen LogP contribution in [0.3, 0.4) is 0 Å². The van der Waals surface area contributed by atoms with E-state index in [1.807, 2.05) is 42.2 Å². The van der Waals surface area contributed by atoms with Crippen LogP contribution in [0.15, 0.2) is 42.7 Å². The SMILES string of the molecule is CC(N)Cn1cc(-c2ccccc2)cn1. The van der Waals surface area contributed by atoms with E-state index in [9.17, 15) is 0 Å². The number of rotatable bonds is 3. The maximum Gasteiger partial charge on any atom is 0.0568 e. The molecule has 0 aliphatic heterocycles. The molecule has 1 atom stereocenters. The van der Waals surface area contributed by atoms with Crippen molar-refractivity contribution in [1.82, 2.24) is 9.78 Å². The van der Waals surface area contributed by atoms with Gasteiger partial charge in [0, 0.05) is 17.8 Å². The number of hydrogen-bond donors (Lipinski definition) is 1. The van der Waals surface area contributed by atoms with Gasteiger partial charge in [-0.2, -0.15) is 5.10 Å². The Morgan fingerprint density at radius 3 is 2.67 bits per heavy atom. The van der Waals surface area contributed by atoms with Crippen LogP contribution in [0.5, 0.6) is 0 Å². The molecule has 1 aromatic heterocycles. The minimum atomic E-state index is 0.133. The number of aromatic nitrogens is 2. The van der Waals surface area contributed by atoms with Gasteiger partial charge in [0.1, 0.15) is 0 Å². The van der Waals surface area contributed by atoms with Crippen LogP contribution >= 0.6 is 0 Å². The standard InChI is InChI=1S/C12H15N3/c1-10(13)8-15-9-12(7-14-15)11-5-3-2-4-6-11/h2-7,9-10H,8,13H2,1H3. The Balaban J connectivity index is 2.21. The molecule has 2 N–H and O–H groups in total. The van der Waals surface area contributed by atoms with E-state index in [1.165, 1.54) is 5.56 Å². The first-order valence-electron chi connectivity index (χ1n) is 5.09. The minimum absolute atomic E-state index is 0.133. The van der Waals surface area contributed by atoms with Gasteiger partial charge in [-0.3, -0.25) is 4.68 Å². The molecule has 1 aromatic carbocycles. The van der Waals surface area contributed by atoms with Gasteiger partial charge in [0.15, 0.2) is 0 Å². The minimum Gasteiger partial charge on any atom is -0.326 e. The molecule has 2 aromatic rings. The second kappa shape index (κ2) is 4.28. The molecule has 0 saturated heterocycles. The van der Waals surface area contributed by atoms with Crippen molar-refractivity contribution in [3.8, 4) is 11.1 Å². The first kappa shape index (κ1) is 9.93. The molecule has 0 bridgehead atoms. The molecule has 0 radical (unpaired) electrons. The summed E-state index contributed by atoms with van der Waals surface area (Å²) >= 11 is 0. The van der Waals surface area contributed by atoms with Crippen LogP contribution in [0, 0.1) is 0 Å². The van der Waals surface area contributed by atoms with Crippen molar-refractivity contribution in [2.75, 3.05) is 0 Å². The van der Waals surface area contributed by atoms with Crippen LogP contribution in [0.4, 0.5) is 0 Å². The molecular weight excluding hydrogens is 186 g/mol. The van der Waals surface area contributed by atoms with Crippen molar-refractivity contribution in [2.24, 2.45) is 5.73 Å². The van der Waals surface area contributed by atoms with Gasteiger partial charge in [0.05, 0.1) is 12.7 Å². The lowest BCUT2D eigenvalue weighted by Crippen LogP contribution is -2.22. The number of nitrogens with two attached hydrogens (primary N) is 1. The molecule has 0 aliphatic carbocycles. The van der Waals surface area contributed by atoms with Crippen LogP contribution in [0.25, 0.3) is 11.1 Å². The van der Waals surface area contributed by atoms with Gasteiger partial charge < -0.3 is 5.73 Å². The summed E-state index contributed by atoms with van der Waals surface area (Å²) in [5.41, 5.74) is 8.04. The average Bonchev–Trinajstić information content (AvgIpc) is 2.67. The highest BCUT2D eigenvalue weighted by Crippen LogP contribution is 2.17. The van der Waals surface area contributed by atoms with Gasteiger partial charge in [-0.25, -0.2) is 0 Å². The monoisotopic (exact) mass is 201 g/mol. The summed E-state index contributed by atoms with van der Waals surface area (Å²) in [5, 5.41) is 4.27. The van der Waals surface area contributed by atoms with E-state index in [1.54, 1.807) is 0 Å². The smallest absolute Gasteiger partial charge is 0.0568 e. The van der Waals surface area contributed by atoms with Gasteiger partial charge in [0.2, 0.25) is 0 Å². The molecular formula is C12H15N3. The average molecular weight is 201 g/mol. The fourth-order valence-corrected chi connectivity index (χ4v) is 1.54. The van der Waals surface area contributed by atoms with E-state index in [0.29, 0.717) is 0 Å². The van der Waals surface area contributed by atoms with E-state index in [-0.39, 0.29) is 6.04 Å². The Morgan fingerprint density at radius 2 is 2.00 bits per heavy atom. The van der Waals surface area contributed by atoms with Crippen molar-refractivity contribution >= 4 is 0 Å². The molecule has 3 nitrogen and oxygen atoms in total. The lowest BCUT2D eigenvalue weighted by atomic mass is 10.1. The summed E-state index contributed by atoms with van der Waals surface area (Å²) in [4.78, 5) is 0. The highest BCUT2D eigenvalue weighted by atomic mass is 15.3. The summed E-state index contributed by atoms with van der Waals surface area (Å²) < 4.78 is 1.88. The first-order valence-corrected chi connectivity index (χ1v) is 5.09. The molecule has 3 heteroatoms. The summed E-state index contributed by atoms with van der Waals surface area (Å²) in [6.45, 7) is 2.73. The number of hydrogen-bond acceptors (Lipinski definition) is 2. The van der Waals surface area contributed by atoms with Gasteiger partial charge in [-0.1, -0.05) is 30.3 Å². The molecule has 0 aliphatic rings. The third-order valence-corrected chi connectivity index (χ3v) is 2.22. The van der Waals surface area contributed by atoms with Crippen molar-refractivity contribution in [3.05, 3.63) is 42.7 Å². The largest absolute Gasteiger partial charge is 0.326 e. The zero-order valence-corrected chi connectivity index (χ0v) is 8.80. The maximum atomic E-state index is 5.71. The Hall–Kier alpha value is -1.61. The van der Waals surface area contributed by atoms with Crippen LogP contribution in [-0.4, -0.2) is 15.8 Å². The van der Waals surface area contributed by atoms with Crippen molar-refractivity contribution in [1.29, 1.82) is 0 Å². The summed E-state index contributed by atoms with van der Waals surface area (Å²) in [7, 11) is 0. The Labute approximate surface area is 89.5 Å². The van der Waals surface area contributed by atoms with Crippen molar-refractivity contribution < 1.29 is 0 Å². The summed E-state index contributed by atoms with van der Waals surface area (Å²) in [5.74, 6) is 0. The number of benzene rings is 1. The fourth-order valence-electron chi connectivity index (χ4n) is 1.54. The molecule has 1 heterocycles. The predicted octanol–water partition coefficient (Wildman–Crippen LogP) is 1.90. The predicted molar refractivity (Wildman–Crippen MR) is 61.3 cm³/mol. The fraction of sp³-hybridized carbons (Fsp3) is 0.250. The van der Waals surface area contributed by atoms with E-state index in [4.69, 9.17) is 5.73 Å². The quantitative estimate of drug-likeness (QED) is 0.824. The van der Waals surface area contributed by atoms with Crippen molar-refractivity contribution in [3.63, 3.8) is 0 Å². The Morgan fingerprint density at radius 1 is 1.27 bits per heavy atom. The zero-order valence-electron chi connectivity index (χ0n) is 8.80. The van der Waals surface area contributed by atoms with Gasteiger partial charge in [0.25, 0.3) is 0 Å². The van der Waals surface area contributed by atoms with E-state index in [0.717, 1.165) is 12.1 Å². The third kappa shape index (κ3) is 2.44. The molecule has 0 saturated carbocycles. The Bertz CT molecular complexity index is 417. The normalized spacial score (nSPS) is 12.7. The van der Waals surface area contributed by atoms with Gasteiger partial charge in [-0.15, -0.1) is 0 Å². The second-order valence-corrected chi connectivity index (χ2v) is 3.79.